The molecule has 2 aromatic rings. The predicted molar refractivity (Wildman–Crippen MR) is 193 cm³/mol. The topological polar surface area (TPSA) is 36.9 Å². The van der Waals surface area contributed by atoms with Crippen LogP contribution in [-0.4, -0.2) is 26.4 Å². The second-order valence-electron chi connectivity index (χ2n) is 16.6. The van der Waals surface area contributed by atoms with Gasteiger partial charge in [-0.3, -0.25) is 0 Å². The monoisotopic (exact) mass is 646 g/mol. The van der Waals surface area contributed by atoms with E-state index in [1.807, 2.05) is 18.2 Å². The Morgan fingerprint density at radius 1 is 0.562 bits per heavy atom. The van der Waals surface area contributed by atoms with E-state index in [0.717, 1.165) is 52.6 Å². The Kier molecular flexibility index (Phi) is 8.28. The maximum atomic E-state index is 6.58. The first-order valence-electron chi connectivity index (χ1n) is 18.7. The van der Waals surface area contributed by atoms with E-state index in [-0.39, 0.29) is 10.8 Å². The van der Waals surface area contributed by atoms with Crippen LogP contribution in [0, 0.1) is 40.9 Å². The van der Waals surface area contributed by atoms with Crippen LogP contribution in [0.25, 0.3) is 0 Å². The van der Waals surface area contributed by atoms with Crippen molar-refractivity contribution >= 4 is 0 Å². The molecule has 0 amide bonds. The van der Waals surface area contributed by atoms with Gasteiger partial charge in [0, 0.05) is 34.1 Å². The van der Waals surface area contributed by atoms with Gasteiger partial charge in [-0.2, -0.15) is 0 Å². The summed E-state index contributed by atoms with van der Waals surface area (Å²) in [7, 11) is 0. The van der Waals surface area contributed by atoms with Crippen LogP contribution in [0.1, 0.15) is 81.8 Å². The average molecular weight is 647 g/mol. The molecule has 0 saturated heterocycles. The molecular weight excluding hydrogens is 592 g/mol. The van der Waals surface area contributed by atoms with Crippen molar-refractivity contribution in [3.05, 3.63) is 98.1 Å². The van der Waals surface area contributed by atoms with Crippen molar-refractivity contribution in [1.29, 1.82) is 0 Å². The van der Waals surface area contributed by atoms with Gasteiger partial charge in [0.25, 0.3) is 0 Å². The maximum Gasteiger partial charge on any atom is 0.127 e. The largest absolute Gasteiger partial charge is 0.489 e. The first-order valence-corrected chi connectivity index (χ1v) is 18.7. The smallest absolute Gasteiger partial charge is 0.127 e. The average Bonchev–Trinajstić information content (AvgIpc) is 3.06. The summed E-state index contributed by atoms with van der Waals surface area (Å²) in [6.07, 6.45) is 22.2. The Morgan fingerprint density at radius 2 is 1.06 bits per heavy atom. The lowest BCUT2D eigenvalue weighted by atomic mass is 9.32. The number of rotatable bonds is 15. The third-order valence-electron chi connectivity index (χ3n) is 13.5. The van der Waals surface area contributed by atoms with Gasteiger partial charge in [-0.05, 0) is 124 Å². The van der Waals surface area contributed by atoms with Crippen LogP contribution in [0.2, 0.25) is 0 Å². The second-order valence-corrected chi connectivity index (χ2v) is 16.6. The Bertz CT molecular complexity index is 1540. The van der Waals surface area contributed by atoms with Crippen molar-refractivity contribution in [2.45, 2.75) is 81.5 Å². The van der Waals surface area contributed by atoms with Gasteiger partial charge in [0.1, 0.15) is 49.4 Å². The minimum absolute atomic E-state index is 0.137. The molecule has 5 atom stereocenters. The molecule has 0 N–H and O–H groups in total. The highest BCUT2D eigenvalue weighted by molar-refractivity contribution is 5.50. The highest BCUT2D eigenvalue weighted by Gasteiger charge is 2.69. The van der Waals surface area contributed by atoms with Gasteiger partial charge in [-0.25, -0.2) is 0 Å². The highest BCUT2D eigenvalue weighted by Crippen LogP contribution is 2.76. The number of benzene rings is 2. The van der Waals surface area contributed by atoms with Crippen LogP contribution in [0.5, 0.6) is 23.0 Å². The third-order valence-corrected chi connectivity index (χ3v) is 13.5. The summed E-state index contributed by atoms with van der Waals surface area (Å²) < 4.78 is 25.1. The van der Waals surface area contributed by atoms with Crippen LogP contribution in [0.15, 0.2) is 87.0 Å². The fourth-order valence-electron chi connectivity index (χ4n) is 13.4. The van der Waals surface area contributed by atoms with Crippen molar-refractivity contribution < 1.29 is 18.9 Å². The van der Waals surface area contributed by atoms with E-state index in [2.05, 4.69) is 62.7 Å². The minimum Gasteiger partial charge on any atom is -0.489 e. The van der Waals surface area contributed by atoms with E-state index in [9.17, 15) is 0 Å². The minimum atomic E-state index is 0.137. The van der Waals surface area contributed by atoms with Crippen LogP contribution < -0.4 is 18.9 Å². The predicted octanol–water partition coefficient (Wildman–Crippen LogP) is 10.2. The second kappa shape index (κ2) is 12.5. The van der Waals surface area contributed by atoms with Crippen molar-refractivity contribution in [1.82, 2.24) is 0 Å². The van der Waals surface area contributed by atoms with Gasteiger partial charge in [-0.15, -0.1) is 0 Å². The van der Waals surface area contributed by atoms with Gasteiger partial charge in [0.15, 0.2) is 0 Å². The summed E-state index contributed by atoms with van der Waals surface area (Å²) in [6.45, 7) is 17.7. The van der Waals surface area contributed by atoms with Crippen LogP contribution in [0.3, 0.4) is 0 Å². The quantitative estimate of drug-likeness (QED) is 0.181. The Labute approximate surface area is 288 Å². The standard InChI is InChI=1S/C44H54O4/c1-5-13-45-35-9-11-37(39(21-35)47-15-7-3)42-23-32-18-33(24-42)26-43(25-32,29-42)41-34-19-30-17-31(20-34)28-44(41,27-30)38-12-10-36(46-14-6-2)22-40(38)48-16-8-4/h5-12,21-22,30-34,41H,1-4,13-20,23-29H2. The van der Waals surface area contributed by atoms with Gasteiger partial charge < -0.3 is 18.9 Å². The molecule has 0 aromatic heterocycles. The first kappa shape index (κ1) is 31.8. The van der Waals surface area contributed by atoms with E-state index in [1.165, 1.54) is 81.8 Å². The summed E-state index contributed by atoms with van der Waals surface area (Å²) in [5, 5.41) is 0. The number of hydrogen-bond donors (Lipinski definition) is 0. The molecule has 8 aliphatic rings. The molecule has 0 aliphatic heterocycles. The molecule has 0 spiro atoms. The number of hydrogen-bond acceptors (Lipinski definition) is 4. The lowest BCUT2D eigenvalue weighted by Crippen LogP contribution is -2.65. The molecule has 0 heterocycles. The molecule has 4 heteroatoms. The molecule has 8 fully saturated rings. The van der Waals surface area contributed by atoms with Crippen molar-refractivity contribution in [3.8, 4) is 23.0 Å². The maximum absolute atomic E-state index is 6.58. The molecule has 48 heavy (non-hydrogen) atoms. The zero-order valence-electron chi connectivity index (χ0n) is 28.8. The van der Waals surface area contributed by atoms with Crippen LogP contribution in [-0.2, 0) is 10.8 Å². The number of ether oxygens (including phenoxy) is 4. The summed E-state index contributed by atoms with van der Waals surface area (Å²) in [5.74, 6) is 8.37. The molecule has 8 bridgehead atoms. The summed E-state index contributed by atoms with van der Waals surface area (Å²) >= 11 is 0. The Balaban J connectivity index is 1.23. The van der Waals surface area contributed by atoms with Gasteiger partial charge in [0.2, 0.25) is 0 Å². The summed E-state index contributed by atoms with van der Waals surface area (Å²) in [5.41, 5.74) is 3.45. The molecule has 2 aromatic carbocycles. The Morgan fingerprint density at radius 3 is 1.62 bits per heavy atom. The molecule has 0 radical (unpaired) electrons. The summed E-state index contributed by atoms with van der Waals surface area (Å²) in [6, 6.07) is 13.4. The van der Waals surface area contributed by atoms with Crippen molar-refractivity contribution in [2.75, 3.05) is 26.4 Å². The van der Waals surface area contributed by atoms with E-state index in [0.29, 0.717) is 37.8 Å². The zero-order chi connectivity index (χ0) is 32.9. The fourth-order valence-corrected chi connectivity index (χ4v) is 13.4. The van der Waals surface area contributed by atoms with Crippen molar-refractivity contribution in [3.63, 3.8) is 0 Å². The zero-order valence-corrected chi connectivity index (χ0v) is 28.8. The van der Waals surface area contributed by atoms with Crippen LogP contribution in [0.4, 0.5) is 0 Å². The SMILES string of the molecule is C=CCOc1ccc(C23CC4CC(C2)CC(C2C5CC6CC(C5)CC2(c2ccc(OCC=C)cc2OCC=C)C6)(C4)C3)c(OCC=C)c1. The highest BCUT2D eigenvalue weighted by atomic mass is 16.5. The summed E-state index contributed by atoms with van der Waals surface area (Å²) in [4.78, 5) is 0. The van der Waals surface area contributed by atoms with E-state index < -0.39 is 0 Å². The molecular formula is C44H54O4. The fraction of sp³-hybridized carbons (Fsp3) is 0.545. The van der Waals surface area contributed by atoms with E-state index in [1.54, 1.807) is 6.08 Å². The first-order chi connectivity index (χ1) is 23.4. The van der Waals surface area contributed by atoms with Gasteiger partial charge >= 0.3 is 0 Å². The Hall–Kier alpha value is -3.40. The van der Waals surface area contributed by atoms with Crippen molar-refractivity contribution in [2.24, 2.45) is 40.9 Å². The van der Waals surface area contributed by atoms with E-state index in [4.69, 9.17) is 18.9 Å². The molecule has 4 nitrogen and oxygen atoms in total. The third kappa shape index (κ3) is 5.24. The molecule has 8 aliphatic carbocycles. The van der Waals surface area contributed by atoms with Crippen LogP contribution >= 0.6 is 0 Å². The molecule has 10 rings (SSSR count). The molecule has 8 saturated carbocycles. The lowest BCUT2D eigenvalue weighted by Gasteiger charge is -2.72. The van der Waals surface area contributed by atoms with Gasteiger partial charge in [0.05, 0.1) is 0 Å². The molecule has 254 valence electrons. The lowest BCUT2D eigenvalue weighted by molar-refractivity contribution is -0.186. The molecule has 5 unspecified atom stereocenters. The normalized spacial score (nSPS) is 36.8. The van der Waals surface area contributed by atoms with Gasteiger partial charge in [-0.1, -0.05) is 62.8 Å². The van der Waals surface area contributed by atoms with E-state index >= 15 is 0 Å².